The standard InChI is InChI=1S/C17H28O2/c1-6-16(13-17(18)19-5)12-8-11-15(4)10-7-9-14(2)3/h9,11,13H,6-8,10,12H2,1-5H3/b15-11+,16-13+. The highest BCUT2D eigenvalue weighted by molar-refractivity contribution is 5.82. The maximum atomic E-state index is 11.2. The largest absolute Gasteiger partial charge is 0.466 e. The molecule has 2 nitrogen and oxygen atoms in total. The molecular weight excluding hydrogens is 236 g/mol. The fourth-order valence-electron chi connectivity index (χ4n) is 1.77. The summed E-state index contributed by atoms with van der Waals surface area (Å²) < 4.78 is 4.65. The second-order valence-electron chi connectivity index (χ2n) is 5.09. The maximum Gasteiger partial charge on any atom is 0.330 e. The summed E-state index contributed by atoms with van der Waals surface area (Å²) in [7, 11) is 1.42. The van der Waals surface area contributed by atoms with Crippen molar-refractivity contribution in [3.05, 3.63) is 34.9 Å². The van der Waals surface area contributed by atoms with E-state index in [0.29, 0.717) is 0 Å². The van der Waals surface area contributed by atoms with Crippen molar-refractivity contribution < 1.29 is 9.53 Å². The second kappa shape index (κ2) is 10.6. The fourth-order valence-corrected chi connectivity index (χ4v) is 1.77. The molecule has 0 aliphatic heterocycles. The van der Waals surface area contributed by atoms with Crippen LogP contribution in [-0.4, -0.2) is 13.1 Å². The van der Waals surface area contributed by atoms with Gasteiger partial charge in [-0.15, -0.1) is 0 Å². The quantitative estimate of drug-likeness (QED) is 0.351. The van der Waals surface area contributed by atoms with Crippen molar-refractivity contribution >= 4 is 5.97 Å². The molecule has 0 fully saturated rings. The Kier molecular flexibility index (Phi) is 9.87. The molecule has 0 spiro atoms. The smallest absolute Gasteiger partial charge is 0.330 e. The van der Waals surface area contributed by atoms with Crippen LogP contribution in [0.2, 0.25) is 0 Å². The minimum atomic E-state index is -0.249. The van der Waals surface area contributed by atoms with Crippen LogP contribution in [0.25, 0.3) is 0 Å². The Bertz CT molecular complexity index is 355. The first-order chi connectivity index (χ1) is 8.99. The van der Waals surface area contributed by atoms with Crippen LogP contribution >= 0.6 is 0 Å². The van der Waals surface area contributed by atoms with Gasteiger partial charge in [-0.05, 0) is 52.9 Å². The molecule has 0 radical (unpaired) electrons. The predicted molar refractivity (Wildman–Crippen MR) is 82.0 cm³/mol. The zero-order valence-corrected chi connectivity index (χ0v) is 13.1. The average molecular weight is 264 g/mol. The third kappa shape index (κ3) is 10.3. The number of hydrogen-bond donors (Lipinski definition) is 0. The van der Waals surface area contributed by atoms with E-state index in [0.717, 1.165) is 37.7 Å². The van der Waals surface area contributed by atoms with E-state index < -0.39 is 0 Å². The molecule has 0 bridgehead atoms. The molecule has 0 amide bonds. The van der Waals surface area contributed by atoms with Crippen molar-refractivity contribution in [3.8, 4) is 0 Å². The predicted octanol–water partition coefficient (Wildman–Crippen LogP) is 4.97. The van der Waals surface area contributed by atoms with Crippen molar-refractivity contribution in [3.63, 3.8) is 0 Å². The van der Waals surface area contributed by atoms with Gasteiger partial charge in [0, 0.05) is 6.08 Å². The van der Waals surface area contributed by atoms with Gasteiger partial charge in [0.25, 0.3) is 0 Å². The number of carbonyl (C=O) groups excluding carboxylic acids is 1. The Morgan fingerprint density at radius 2 is 1.68 bits per heavy atom. The average Bonchev–Trinajstić information content (AvgIpc) is 2.36. The van der Waals surface area contributed by atoms with Crippen LogP contribution in [0.3, 0.4) is 0 Å². The number of allylic oxidation sites excluding steroid dienone is 5. The molecule has 0 N–H and O–H groups in total. The molecule has 108 valence electrons. The van der Waals surface area contributed by atoms with Crippen molar-refractivity contribution in [2.45, 2.75) is 59.8 Å². The zero-order valence-electron chi connectivity index (χ0n) is 13.1. The van der Waals surface area contributed by atoms with Gasteiger partial charge in [-0.2, -0.15) is 0 Å². The molecular formula is C17H28O2. The summed E-state index contributed by atoms with van der Waals surface area (Å²) in [5, 5.41) is 0. The fraction of sp³-hybridized carbons (Fsp3) is 0.588. The zero-order chi connectivity index (χ0) is 14.7. The molecule has 0 aromatic rings. The molecule has 0 heterocycles. The summed E-state index contributed by atoms with van der Waals surface area (Å²) in [4.78, 5) is 11.2. The van der Waals surface area contributed by atoms with Crippen LogP contribution in [0, 0.1) is 0 Å². The second-order valence-corrected chi connectivity index (χ2v) is 5.09. The van der Waals surface area contributed by atoms with Crippen LogP contribution in [0.4, 0.5) is 0 Å². The Morgan fingerprint density at radius 1 is 1.05 bits per heavy atom. The Balaban J connectivity index is 4.13. The van der Waals surface area contributed by atoms with Crippen LogP contribution in [0.1, 0.15) is 59.8 Å². The normalized spacial score (nSPS) is 12.3. The van der Waals surface area contributed by atoms with Crippen molar-refractivity contribution in [2.24, 2.45) is 0 Å². The molecule has 2 heteroatoms. The van der Waals surface area contributed by atoms with E-state index in [1.54, 1.807) is 6.08 Å². The summed E-state index contributed by atoms with van der Waals surface area (Å²) in [6, 6.07) is 0. The molecule has 0 aliphatic carbocycles. The lowest BCUT2D eigenvalue weighted by Gasteiger charge is -2.03. The van der Waals surface area contributed by atoms with E-state index >= 15 is 0 Å². The van der Waals surface area contributed by atoms with E-state index in [1.807, 2.05) is 0 Å². The molecule has 0 atom stereocenters. The van der Waals surface area contributed by atoms with Crippen LogP contribution in [0.15, 0.2) is 34.9 Å². The van der Waals surface area contributed by atoms with Crippen LogP contribution in [-0.2, 0) is 9.53 Å². The molecule has 19 heavy (non-hydrogen) atoms. The number of rotatable bonds is 8. The van der Waals surface area contributed by atoms with E-state index in [1.165, 1.54) is 18.3 Å². The van der Waals surface area contributed by atoms with Gasteiger partial charge in [-0.25, -0.2) is 4.79 Å². The summed E-state index contributed by atoms with van der Waals surface area (Å²) in [6.45, 7) is 8.50. The first kappa shape index (κ1) is 17.7. The van der Waals surface area contributed by atoms with Crippen LogP contribution < -0.4 is 0 Å². The van der Waals surface area contributed by atoms with Gasteiger partial charge in [0.05, 0.1) is 7.11 Å². The highest BCUT2D eigenvalue weighted by Gasteiger charge is 1.99. The van der Waals surface area contributed by atoms with Gasteiger partial charge in [-0.1, -0.05) is 35.8 Å². The monoisotopic (exact) mass is 264 g/mol. The number of methoxy groups -OCH3 is 1. The molecule has 0 saturated heterocycles. The van der Waals surface area contributed by atoms with Gasteiger partial charge in [-0.3, -0.25) is 0 Å². The third-order valence-electron chi connectivity index (χ3n) is 3.03. The van der Waals surface area contributed by atoms with Gasteiger partial charge in [0.1, 0.15) is 0 Å². The van der Waals surface area contributed by atoms with Crippen molar-refractivity contribution in [1.82, 2.24) is 0 Å². The number of ether oxygens (including phenoxy) is 1. The highest BCUT2D eigenvalue weighted by atomic mass is 16.5. The first-order valence-corrected chi connectivity index (χ1v) is 7.06. The number of carbonyl (C=O) groups is 1. The molecule has 0 unspecified atom stereocenters. The first-order valence-electron chi connectivity index (χ1n) is 7.06. The maximum absolute atomic E-state index is 11.2. The number of esters is 1. The highest BCUT2D eigenvalue weighted by Crippen LogP contribution is 2.13. The summed E-state index contributed by atoms with van der Waals surface area (Å²) >= 11 is 0. The van der Waals surface area contributed by atoms with E-state index in [4.69, 9.17) is 0 Å². The van der Waals surface area contributed by atoms with Crippen molar-refractivity contribution in [1.29, 1.82) is 0 Å². The van der Waals surface area contributed by atoms with Gasteiger partial charge in [0.2, 0.25) is 0 Å². The Labute approximate surface area is 118 Å². The van der Waals surface area contributed by atoms with E-state index in [9.17, 15) is 4.79 Å². The van der Waals surface area contributed by atoms with Gasteiger partial charge >= 0.3 is 5.97 Å². The molecule has 0 aromatic heterocycles. The molecule has 0 rings (SSSR count). The van der Waals surface area contributed by atoms with Gasteiger partial charge < -0.3 is 4.74 Å². The lowest BCUT2D eigenvalue weighted by atomic mass is 10.0. The Hall–Kier alpha value is -1.31. The lowest BCUT2D eigenvalue weighted by Crippen LogP contribution is -1.97. The molecule has 0 aromatic carbocycles. The number of hydrogen-bond acceptors (Lipinski definition) is 2. The lowest BCUT2D eigenvalue weighted by molar-refractivity contribution is -0.134. The summed E-state index contributed by atoms with van der Waals surface area (Å²) in [5.41, 5.74) is 3.95. The minimum absolute atomic E-state index is 0.249. The van der Waals surface area contributed by atoms with E-state index in [-0.39, 0.29) is 5.97 Å². The summed E-state index contributed by atoms with van der Waals surface area (Å²) in [5.74, 6) is -0.249. The SMILES string of the molecule is CC/C(=C\C(=O)OC)CC/C=C(\C)CCC=C(C)C. The third-order valence-corrected chi connectivity index (χ3v) is 3.03. The summed E-state index contributed by atoms with van der Waals surface area (Å²) in [6.07, 6.45) is 11.2. The molecule has 0 aliphatic rings. The van der Waals surface area contributed by atoms with E-state index in [2.05, 4.69) is 44.6 Å². The molecule has 0 saturated carbocycles. The van der Waals surface area contributed by atoms with Gasteiger partial charge in [0.15, 0.2) is 0 Å². The minimum Gasteiger partial charge on any atom is -0.466 e. The van der Waals surface area contributed by atoms with Crippen molar-refractivity contribution in [2.75, 3.05) is 7.11 Å². The van der Waals surface area contributed by atoms with Crippen LogP contribution in [0.5, 0.6) is 0 Å². The topological polar surface area (TPSA) is 26.3 Å². The Morgan fingerprint density at radius 3 is 2.21 bits per heavy atom.